The lowest BCUT2D eigenvalue weighted by Crippen LogP contribution is -2.13. The molecular weight excluding hydrogens is 227 g/mol. The maximum absolute atomic E-state index is 12.5. The summed E-state index contributed by atoms with van der Waals surface area (Å²) in [6.45, 7) is 0. The normalized spacial score (nSPS) is 10.9. The van der Waals surface area contributed by atoms with Crippen molar-refractivity contribution < 1.29 is 18.1 Å². The van der Waals surface area contributed by atoms with Crippen molar-refractivity contribution in [3.8, 4) is 6.07 Å². The molecule has 16 heavy (non-hydrogen) atoms. The average Bonchev–Trinajstić information content (AvgIpc) is 2.16. The number of hydrogen-bond acceptors (Lipinski definition) is 4. The summed E-state index contributed by atoms with van der Waals surface area (Å²) in [6.07, 6.45) is -4.58. The second kappa shape index (κ2) is 4.14. The van der Waals surface area contributed by atoms with Crippen LogP contribution in [0, 0.1) is 21.4 Å². The topological polar surface area (TPSA) is 79.8 Å². The third-order valence-corrected chi connectivity index (χ3v) is 1.74. The van der Waals surface area contributed by atoms with Gasteiger partial charge in [0.15, 0.2) is 5.56 Å². The third kappa shape index (κ3) is 2.25. The van der Waals surface area contributed by atoms with E-state index >= 15 is 0 Å². The quantitative estimate of drug-likeness (QED) is 0.576. The summed E-state index contributed by atoms with van der Waals surface area (Å²) in [5.41, 5.74) is -1.90. The minimum absolute atomic E-state index is 0.448. The van der Waals surface area contributed by atoms with Gasteiger partial charge in [-0.1, -0.05) is 0 Å². The van der Waals surface area contributed by atoms with Crippen LogP contribution in [0.1, 0.15) is 11.1 Å². The molecule has 0 saturated heterocycles. The van der Waals surface area contributed by atoms with Crippen LogP contribution in [0.15, 0.2) is 12.3 Å². The SMILES string of the molecule is N#CCc1ccnc([N+](=O)[O-])c1C(F)(F)F. The largest absolute Gasteiger partial charge is 0.424 e. The summed E-state index contributed by atoms with van der Waals surface area (Å²) in [4.78, 5) is 12.2. The van der Waals surface area contributed by atoms with Crippen LogP contribution in [-0.2, 0) is 12.6 Å². The molecule has 0 radical (unpaired) electrons. The predicted octanol–water partition coefficient (Wildman–Crippen LogP) is 2.07. The first-order valence-electron chi connectivity index (χ1n) is 3.94. The molecule has 0 bridgehead atoms. The van der Waals surface area contributed by atoms with Gasteiger partial charge in [-0.15, -0.1) is 0 Å². The molecule has 1 aromatic heterocycles. The van der Waals surface area contributed by atoms with Gasteiger partial charge in [-0.2, -0.15) is 18.4 Å². The molecule has 0 aliphatic rings. The Labute approximate surface area is 87.3 Å². The van der Waals surface area contributed by atoms with Crippen LogP contribution in [0.2, 0.25) is 0 Å². The van der Waals surface area contributed by atoms with E-state index in [1.165, 1.54) is 6.07 Å². The number of aromatic nitrogens is 1. The zero-order valence-electron chi connectivity index (χ0n) is 7.65. The van der Waals surface area contributed by atoms with Crippen LogP contribution in [0.4, 0.5) is 19.0 Å². The molecule has 8 heteroatoms. The molecular formula is C8H4F3N3O2. The zero-order valence-corrected chi connectivity index (χ0v) is 7.65. The minimum Gasteiger partial charge on any atom is -0.358 e. The second-order valence-electron chi connectivity index (χ2n) is 2.76. The first-order chi connectivity index (χ1) is 7.38. The fourth-order valence-corrected chi connectivity index (χ4v) is 1.17. The Kier molecular flexibility index (Phi) is 3.08. The number of hydrogen-bond donors (Lipinski definition) is 0. The number of nitro groups is 1. The maximum atomic E-state index is 12.5. The van der Waals surface area contributed by atoms with Gasteiger partial charge >= 0.3 is 12.0 Å². The first-order valence-corrected chi connectivity index (χ1v) is 3.94. The lowest BCUT2D eigenvalue weighted by atomic mass is 10.1. The van der Waals surface area contributed by atoms with Gasteiger partial charge in [-0.05, 0) is 21.5 Å². The van der Waals surface area contributed by atoms with Gasteiger partial charge in [0.25, 0.3) is 0 Å². The van der Waals surface area contributed by atoms with Crippen molar-refractivity contribution in [1.29, 1.82) is 5.26 Å². The van der Waals surface area contributed by atoms with Crippen molar-refractivity contribution in [3.05, 3.63) is 33.5 Å². The van der Waals surface area contributed by atoms with Crippen LogP contribution < -0.4 is 0 Å². The highest BCUT2D eigenvalue weighted by Gasteiger charge is 2.41. The monoisotopic (exact) mass is 231 g/mol. The summed E-state index contributed by atoms with van der Waals surface area (Å²) in [6, 6.07) is 2.46. The molecule has 0 atom stereocenters. The molecule has 1 heterocycles. The average molecular weight is 231 g/mol. The van der Waals surface area contributed by atoms with Gasteiger partial charge in [0.2, 0.25) is 0 Å². The molecule has 0 N–H and O–H groups in total. The van der Waals surface area contributed by atoms with E-state index in [0.29, 0.717) is 0 Å². The fraction of sp³-hybridized carbons (Fsp3) is 0.250. The summed E-state index contributed by atoms with van der Waals surface area (Å²) >= 11 is 0. The number of rotatable bonds is 2. The van der Waals surface area contributed by atoms with Crippen molar-refractivity contribution in [3.63, 3.8) is 0 Å². The standard InChI is InChI=1S/C8H4F3N3O2/c9-8(10,11)6-5(1-3-12)2-4-13-7(6)14(15)16/h2,4H,1H2. The van der Waals surface area contributed by atoms with Gasteiger partial charge in [-0.3, -0.25) is 0 Å². The number of halogens is 3. The van der Waals surface area contributed by atoms with Gasteiger partial charge < -0.3 is 10.1 Å². The van der Waals surface area contributed by atoms with Gasteiger partial charge in [0.1, 0.15) is 6.20 Å². The number of nitrogens with zero attached hydrogens (tertiary/aromatic N) is 3. The van der Waals surface area contributed by atoms with E-state index in [2.05, 4.69) is 4.98 Å². The molecule has 1 rings (SSSR count). The third-order valence-electron chi connectivity index (χ3n) is 1.74. The van der Waals surface area contributed by atoms with Crippen LogP contribution in [0.3, 0.4) is 0 Å². The molecule has 0 unspecified atom stereocenters. The summed E-state index contributed by atoms with van der Waals surface area (Å²) in [7, 11) is 0. The number of pyridine rings is 1. The molecule has 84 valence electrons. The van der Waals surface area contributed by atoms with Crippen molar-refractivity contribution in [2.75, 3.05) is 0 Å². The number of alkyl halides is 3. The Morgan fingerprint density at radius 1 is 1.56 bits per heavy atom. The first kappa shape index (κ1) is 11.9. The van der Waals surface area contributed by atoms with E-state index < -0.39 is 34.5 Å². The molecule has 0 aliphatic heterocycles. The molecule has 1 aromatic rings. The van der Waals surface area contributed by atoms with E-state index in [1.54, 1.807) is 0 Å². The second-order valence-corrected chi connectivity index (χ2v) is 2.76. The van der Waals surface area contributed by atoms with Gasteiger partial charge in [0, 0.05) is 0 Å². The Morgan fingerprint density at radius 3 is 2.62 bits per heavy atom. The zero-order chi connectivity index (χ0) is 12.3. The predicted molar refractivity (Wildman–Crippen MR) is 45.2 cm³/mol. The summed E-state index contributed by atoms with van der Waals surface area (Å²) in [5, 5.41) is 18.7. The molecule has 0 amide bonds. The molecule has 0 fully saturated rings. The van der Waals surface area contributed by atoms with Gasteiger partial charge in [-0.25, -0.2) is 0 Å². The van der Waals surface area contributed by atoms with Crippen LogP contribution in [0.5, 0.6) is 0 Å². The fourth-order valence-electron chi connectivity index (χ4n) is 1.17. The molecule has 0 spiro atoms. The minimum atomic E-state index is -4.90. The smallest absolute Gasteiger partial charge is 0.358 e. The lowest BCUT2D eigenvalue weighted by Gasteiger charge is -2.09. The van der Waals surface area contributed by atoms with E-state index in [0.717, 1.165) is 12.3 Å². The molecule has 5 nitrogen and oxygen atoms in total. The van der Waals surface area contributed by atoms with Crippen LogP contribution in [0.25, 0.3) is 0 Å². The Hall–Kier alpha value is -2.17. The van der Waals surface area contributed by atoms with Crippen LogP contribution in [-0.4, -0.2) is 9.91 Å². The Morgan fingerprint density at radius 2 is 2.19 bits per heavy atom. The Balaban J connectivity index is 3.48. The maximum Gasteiger partial charge on any atom is 0.424 e. The molecule has 0 aliphatic carbocycles. The van der Waals surface area contributed by atoms with E-state index in [4.69, 9.17) is 5.26 Å². The van der Waals surface area contributed by atoms with E-state index in [1.807, 2.05) is 0 Å². The van der Waals surface area contributed by atoms with Crippen molar-refractivity contribution in [2.24, 2.45) is 0 Å². The Bertz CT molecular complexity index is 465. The number of nitriles is 1. The molecule has 0 saturated carbocycles. The van der Waals surface area contributed by atoms with E-state index in [-0.39, 0.29) is 0 Å². The van der Waals surface area contributed by atoms with E-state index in [9.17, 15) is 23.3 Å². The highest BCUT2D eigenvalue weighted by atomic mass is 19.4. The summed E-state index contributed by atoms with van der Waals surface area (Å²) in [5.74, 6) is -1.28. The lowest BCUT2D eigenvalue weighted by molar-refractivity contribution is -0.392. The van der Waals surface area contributed by atoms with Crippen LogP contribution >= 0.6 is 0 Å². The highest BCUT2D eigenvalue weighted by Crippen LogP contribution is 2.37. The molecule has 0 aromatic carbocycles. The van der Waals surface area contributed by atoms with Crippen molar-refractivity contribution in [1.82, 2.24) is 4.98 Å². The van der Waals surface area contributed by atoms with Crippen molar-refractivity contribution in [2.45, 2.75) is 12.6 Å². The van der Waals surface area contributed by atoms with Gasteiger partial charge in [0.05, 0.1) is 12.5 Å². The highest BCUT2D eigenvalue weighted by molar-refractivity contribution is 5.42. The van der Waals surface area contributed by atoms with Crippen molar-refractivity contribution >= 4 is 5.82 Å². The summed E-state index contributed by atoms with van der Waals surface area (Å²) < 4.78 is 37.6.